The highest BCUT2D eigenvalue weighted by Gasteiger charge is 2.00. The minimum absolute atomic E-state index is 0.180. The van der Waals surface area contributed by atoms with Crippen molar-refractivity contribution < 1.29 is 9.84 Å². The number of hydrogen-bond donors (Lipinski definition) is 2. The number of methoxy groups -OCH3 is 1. The lowest BCUT2D eigenvalue weighted by atomic mass is 10.2. The molecule has 2 N–H and O–H groups in total. The number of benzene rings is 1. The second-order valence-electron chi connectivity index (χ2n) is 4.05. The monoisotopic (exact) mass is 244 g/mol. The fourth-order valence-corrected chi connectivity index (χ4v) is 1.70. The largest absolute Gasteiger partial charge is 0.506 e. The van der Waals surface area contributed by atoms with Crippen LogP contribution in [0.4, 0.5) is 5.69 Å². The summed E-state index contributed by atoms with van der Waals surface area (Å²) in [7, 11) is 1.66. The van der Waals surface area contributed by atoms with Gasteiger partial charge >= 0.3 is 0 Å². The molecule has 0 saturated carbocycles. The van der Waals surface area contributed by atoms with Gasteiger partial charge in [-0.1, -0.05) is 0 Å². The maximum Gasteiger partial charge on any atom is 0.133 e. The van der Waals surface area contributed by atoms with Crippen LogP contribution in [0.1, 0.15) is 11.3 Å². The number of aromatic hydroxyl groups is 1. The van der Waals surface area contributed by atoms with Gasteiger partial charge in [0.15, 0.2) is 0 Å². The molecular weight excluding hydrogens is 228 g/mol. The van der Waals surface area contributed by atoms with Gasteiger partial charge < -0.3 is 15.2 Å². The van der Waals surface area contributed by atoms with Crippen LogP contribution < -0.4 is 10.1 Å². The van der Waals surface area contributed by atoms with Crippen molar-refractivity contribution in [3.05, 3.63) is 47.8 Å². The van der Waals surface area contributed by atoms with Crippen molar-refractivity contribution in [1.29, 1.82) is 0 Å². The molecule has 0 spiro atoms. The molecule has 0 aliphatic rings. The van der Waals surface area contributed by atoms with Crippen molar-refractivity contribution in [3.63, 3.8) is 0 Å². The van der Waals surface area contributed by atoms with E-state index in [-0.39, 0.29) is 5.75 Å². The van der Waals surface area contributed by atoms with Crippen LogP contribution in [0.5, 0.6) is 11.5 Å². The molecule has 1 heterocycles. The lowest BCUT2D eigenvalue weighted by Gasteiger charge is -2.09. The van der Waals surface area contributed by atoms with E-state index in [4.69, 9.17) is 9.84 Å². The number of nitrogens with zero attached hydrogens (tertiary/aromatic N) is 1. The van der Waals surface area contributed by atoms with Gasteiger partial charge in [-0.25, -0.2) is 0 Å². The highest BCUT2D eigenvalue weighted by Crippen LogP contribution is 2.21. The van der Waals surface area contributed by atoms with E-state index in [1.54, 1.807) is 19.2 Å². The Balaban J connectivity index is 2.02. The van der Waals surface area contributed by atoms with E-state index < -0.39 is 0 Å². The first-order chi connectivity index (χ1) is 8.69. The van der Waals surface area contributed by atoms with E-state index >= 15 is 0 Å². The molecule has 0 unspecified atom stereocenters. The summed E-state index contributed by atoms with van der Waals surface area (Å²) >= 11 is 0. The third-order valence-electron chi connectivity index (χ3n) is 2.68. The summed E-state index contributed by atoms with van der Waals surface area (Å²) in [6.07, 6.45) is 1.44. The van der Waals surface area contributed by atoms with Crippen LogP contribution >= 0.6 is 0 Å². The molecule has 0 atom stereocenters. The Bertz CT molecular complexity index is 524. The van der Waals surface area contributed by atoms with Crippen molar-refractivity contribution in [1.82, 2.24) is 4.98 Å². The minimum atomic E-state index is 0.180. The Hall–Kier alpha value is -2.23. The van der Waals surface area contributed by atoms with Gasteiger partial charge in [0.05, 0.1) is 25.5 Å². The van der Waals surface area contributed by atoms with Gasteiger partial charge in [-0.2, -0.15) is 0 Å². The molecule has 0 aliphatic heterocycles. The average Bonchev–Trinajstić information content (AvgIpc) is 2.38. The number of anilines is 1. The molecule has 0 bridgehead atoms. The molecule has 0 fully saturated rings. The van der Waals surface area contributed by atoms with Crippen molar-refractivity contribution in [2.24, 2.45) is 0 Å². The maximum atomic E-state index is 9.14. The predicted octanol–water partition coefficient (Wildman–Crippen LogP) is 2.72. The lowest BCUT2D eigenvalue weighted by Crippen LogP contribution is -2.01. The molecule has 2 rings (SSSR count). The van der Waals surface area contributed by atoms with Gasteiger partial charge in [-0.05, 0) is 42.8 Å². The van der Waals surface area contributed by atoms with Crippen LogP contribution in [-0.4, -0.2) is 17.2 Å². The predicted molar refractivity (Wildman–Crippen MR) is 71.0 cm³/mol. The highest BCUT2D eigenvalue weighted by molar-refractivity contribution is 5.50. The quantitative estimate of drug-likeness (QED) is 0.868. The Morgan fingerprint density at radius 3 is 2.72 bits per heavy atom. The molecule has 1 aromatic heterocycles. The van der Waals surface area contributed by atoms with Gasteiger partial charge in [0.2, 0.25) is 0 Å². The van der Waals surface area contributed by atoms with E-state index in [1.165, 1.54) is 6.20 Å². The zero-order valence-corrected chi connectivity index (χ0v) is 10.5. The number of hydrogen-bond acceptors (Lipinski definition) is 4. The molecule has 4 heteroatoms. The third kappa shape index (κ3) is 2.91. The van der Waals surface area contributed by atoms with Crippen LogP contribution in [0.15, 0.2) is 36.5 Å². The van der Waals surface area contributed by atoms with Gasteiger partial charge in [0.25, 0.3) is 0 Å². The summed E-state index contributed by atoms with van der Waals surface area (Å²) in [6.45, 7) is 2.62. The molecular formula is C14H16N2O2. The van der Waals surface area contributed by atoms with Gasteiger partial charge in [-0.15, -0.1) is 0 Å². The van der Waals surface area contributed by atoms with Crippen LogP contribution in [0.2, 0.25) is 0 Å². The van der Waals surface area contributed by atoms with Crippen LogP contribution in [-0.2, 0) is 6.54 Å². The minimum Gasteiger partial charge on any atom is -0.506 e. The number of nitrogens with one attached hydrogen (secondary N) is 1. The molecule has 4 nitrogen and oxygen atoms in total. The Morgan fingerprint density at radius 2 is 2.11 bits per heavy atom. The SMILES string of the molecule is COc1ccc(NCc2ccc(O)cn2)cc1C. The van der Waals surface area contributed by atoms with E-state index in [0.29, 0.717) is 6.54 Å². The van der Waals surface area contributed by atoms with Crippen molar-refractivity contribution in [2.45, 2.75) is 13.5 Å². The molecule has 1 aromatic carbocycles. The molecule has 18 heavy (non-hydrogen) atoms. The van der Waals surface area contributed by atoms with Gasteiger partial charge in [0.1, 0.15) is 11.5 Å². The number of aryl methyl sites for hydroxylation is 1. The zero-order chi connectivity index (χ0) is 13.0. The summed E-state index contributed by atoms with van der Waals surface area (Å²) in [5.74, 6) is 1.06. The number of ether oxygens (including phenoxy) is 1. The lowest BCUT2D eigenvalue weighted by molar-refractivity contribution is 0.412. The van der Waals surface area contributed by atoms with E-state index in [0.717, 1.165) is 22.7 Å². The van der Waals surface area contributed by atoms with E-state index in [9.17, 15) is 0 Å². The smallest absolute Gasteiger partial charge is 0.133 e. The van der Waals surface area contributed by atoms with Gasteiger partial charge in [-0.3, -0.25) is 4.98 Å². The Kier molecular flexibility index (Phi) is 3.67. The summed E-state index contributed by atoms with van der Waals surface area (Å²) in [5, 5.41) is 12.4. The maximum absolute atomic E-state index is 9.14. The normalized spacial score (nSPS) is 10.1. The fraction of sp³-hybridized carbons (Fsp3) is 0.214. The topological polar surface area (TPSA) is 54.4 Å². The van der Waals surface area contributed by atoms with Crippen molar-refractivity contribution >= 4 is 5.69 Å². The van der Waals surface area contributed by atoms with Crippen LogP contribution in [0.3, 0.4) is 0 Å². The molecule has 0 saturated heterocycles. The Morgan fingerprint density at radius 1 is 1.28 bits per heavy atom. The zero-order valence-electron chi connectivity index (χ0n) is 10.5. The van der Waals surface area contributed by atoms with E-state index in [2.05, 4.69) is 10.3 Å². The average molecular weight is 244 g/mol. The summed E-state index contributed by atoms with van der Waals surface area (Å²) in [5.41, 5.74) is 2.98. The number of aromatic nitrogens is 1. The first kappa shape index (κ1) is 12.2. The van der Waals surface area contributed by atoms with Crippen LogP contribution in [0, 0.1) is 6.92 Å². The number of rotatable bonds is 4. The van der Waals surface area contributed by atoms with Gasteiger partial charge in [0, 0.05) is 5.69 Å². The Labute approximate surface area is 106 Å². The summed E-state index contributed by atoms with van der Waals surface area (Å²) < 4.78 is 5.21. The second kappa shape index (κ2) is 5.40. The third-order valence-corrected chi connectivity index (χ3v) is 2.68. The van der Waals surface area contributed by atoms with Crippen molar-refractivity contribution in [3.8, 4) is 11.5 Å². The number of pyridine rings is 1. The summed E-state index contributed by atoms with van der Waals surface area (Å²) in [6, 6.07) is 9.34. The molecule has 2 aromatic rings. The van der Waals surface area contributed by atoms with E-state index in [1.807, 2.05) is 25.1 Å². The molecule has 0 aliphatic carbocycles. The highest BCUT2D eigenvalue weighted by atomic mass is 16.5. The molecule has 0 amide bonds. The van der Waals surface area contributed by atoms with Crippen molar-refractivity contribution in [2.75, 3.05) is 12.4 Å². The standard InChI is InChI=1S/C14H16N2O2/c1-10-7-11(4-6-14(10)18-2)15-8-12-3-5-13(17)9-16-12/h3-7,9,15,17H,8H2,1-2H3. The fourth-order valence-electron chi connectivity index (χ4n) is 1.70. The first-order valence-corrected chi connectivity index (χ1v) is 5.71. The first-order valence-electron chi connectivity index (χ1n) is 5.71. The molecule has 0 radical (unpaired) electrons. The molecule has 94 valence electrons. The summed E-state index contributed by atoms with van der Waals surface area (Å²) in [4.78, 5) is 4.11. The second-order valence-corrected chi connectivity index (χ2v) is 4.05. The van der Waals surface area contributed by atoms with Crippen LogP contribution in [0.25, 0.3) is 0 Å².